The molecule has 0 aliphatic carbocycles. The molecule has 0 saturated carbocycles. The minimum absolute atomic E-state index is 0.257. The molecule has 22 heavy (non-hydrogen) atoms. The van der Waals surface area contributed by atoms with E-state index in [1.54, 1.807) is 27.7 Å². The molecule has 2 aliphatic rings. The zero-order chi connectivity index (χ0) is 16.7. The van der Waals surface area contributed by atoms with Crippen molar-refractivity contribution in [1.29, 1.82) is 0 Å². The maximum atomic E-state index is 11.3. The number of rotatable bonds is 5. The first kappa shape index (κ1) is 17.3. The molecular formula is C14H22O8. The molecule has 2 saturated heterocycles. The largest absolute Gasteiger partial charge is 0.475 e. The van der Waals surface area contributed by atoms with E-state index in [-0.39, 0.29) is 6.61 Å². The Kier molecular flexibility index (Phi) is 4.61. The normalized spacial score (nSPS) is 34.5. The molecule has 4 atom stereocenters. The fourth-order valence-electron chi connectivity index (χ4n) is 2.67. The number of aliphatic carboxylic acids is 1. The molecule has 2 rings (SSSR count). The highest BCUT2D eigenvalue weighted by atomic mass is 16.8. The van der Waals surface area contributed by atoms with Gasteiger partial charge in [-0.15, -0.1) is 0 Å². The first-order valence-corrected chi connectivity index (χ1v) is 7.12. The average molecular weight is 318 g/mol. The lowest BCUT2D eigenvalue weighted by molar-refractivity contribution is -0.175. The van der Waals surface area contributed by atoms with Crippen molar-refractivity contribution in [2.45, 2.75) is 70.1 Å². The number of hydrogen-bond acceptors (Lipinski definition) is 7. The van der Waals surface area contributed by atoms with E-state index in [1.807, 2.05) is 0 Å². The van der Waals surface area contributed by atoms with Gasteiger partial charge < -0.3 is 29.2 Å². The topological polar surface area (TPSA) is 112 Å². The molecule has 2 fully saturated rings. The number of ether oxygens (including phenoxy) is 4. The molecule has 0 aromatic rings. The van der Waals surface area contributed by atoms with Gasteiger partial charge in [0, 0.05) is 6.42 Å². The van der Waals surface area contributed by atoms with Crippen LogP contribution in [0.4, 0.5) is 0 Å². The van der Waals surface area contributed by atoms with Crippen molar-refractivity contribution in [3.63, 3.8) is 0 Å². The van der Waals surface area contributed by atoms with Crippen LogP contribution in [0.3, 0.4) is 0 Å². The zero-order valence-electron chi connectivity index (χ0n) is 13.1. The van der Waals surface area contributed by atoms with E-state index in [4.69, 9.17) is 24.1 Å². The summed E-state index contributed by atoms with van der Waals surface area (Å²) in [4.78, 5) is 21.9. The summed E-state index contributed by atoms with van der Waals surface area (Å²) >= 11 is 0. The molecule has 2 aliphatic heterocycles. The van der Waals surface area contributed by atoms with Crippen molar-refractivity contribution < 1.29 is 38.7 Å². The van der Waals surface area contributed by atoms with Gasteiger partial charge in [0.05, 0.1) is 12.7 Å². The number of carbonyl (C=O) groups is 2. The van der Waals surface area contributed by atoms with Crippen LogP contribution in [0.15, 0.2) is 0 Å². The fraction of sp³-hybridized carbons (Fsp3) is 0.857. The molecule has 0 amide bonds. The van der Waals surface area contributed by atoms with Crippen LogP contribution in [0, 0.1) is 0 Å². The quantitative estimate of drug-likeness (QED) is 0.685. The Bertz CT molecular complexity index is 458. The Morgan fingerprint density at radius 1 is 1.14 bits per heavy atom. The second-order valence-corrected chi connectivity index (χ2v) is 6.43. The highest BCUT2D eigenvalue weighted by Crippen LogP contribution is 2.37. The van der Waals surface area contributed by atoms with Gasteiger partial charge in [-0.3, -0.25) is 4.79 Å². The van der Waals surface area contributed by atoms with E-state index in [9.17, 15) is 14.7 Å². The average Bonchev–Trinajstić information content (AvgIpc) is 2.88. The summed E-state index contributed by atoms with van der Waals surface area (Å²) in [7, 11) is 0. The molecule has 8 nitrogen and oxygen atoms in total. The molecule has 0 spiro atoms. The molecule has 2 heterocycles. The molecule has 0 aromatic carbocycles. The number of aliphatic hydroxyl groups is 1. The van der Waals surface area contributed by atoms with Gasteiger partial charge in [0.1, 0.15) is 18.3 Å². The van der Waals surface area contributed by atoms with E-state index < -0.39 is 54.2 Å². The number of hydrogen-bond donors (Lipinski definition) is 2. The first-order chi connectivity index (χ1) is 10.0. The predicted octanol–water partition coefficient (Wildman–Crippen LogP) is 0.0627. The Labute approximate surface area is 128 Å². The molecule has 0 bridgehead atoms. The highest BCUT2D eigenvalue weighted by Gasteiger charge is 2.52. The lowest BCUT2D eigenvalue weighted by Gasteiger charge is -2.25. The summed E-state index contributed by atoms with van der Waals surface area (Å²) in [6, 6.07) is 0. The lowest BCUT2D eigenvalue weighted by Crippen LogP contribution is -2.45. The minimum Gasteiger partial charge on any atom is -0.475 e. The first-order valence-electron chi connectivity index (χ1n) is 7.12. The van der Waals surface area contributed by atoms with Gasteiger partial charge in [-0.2, -0.15) is 0 Å². The van der Waals surface area contributed by atoms with E-state index in [0.717, 1.165) is 0 Å². The van der Waals surface area contributed by atoms with E-state index >= 15 is 0 Å². The van der Waals surface area contributed by atoms with Crippen LogP contribution in [0.1, 0.15) is 34.1 Å². The molecule has 2 N–H and O–H groups in total. The predicted molar refractivity (Wildman–Crippen MR) is 72.0 cm³/mol. The summed E-state index contributed by atoms with van der Waals surface area (Å²) in [6.07, 6.45) is -3.86. The zero-order valence-corrected chi connectivity index (χ0v) is 13.1. The van der Waals surface area contributed by atoms with Crippen LogP contribution in [0.25, 0.3) is 0 Å². The smallest absolute Gasteiger partial charge is 0.372 e. The summed E-state index contributed by atoms with van der Waals surface area (Å²) in [5, 5.41) is 18.8. The van der Waals surface area contributed by atoms with E-state index in [2.05, 4.69) is 0 Å². The fourth-order valence-corrected chi connectivity index (χ4v) is 2.67. The van der Waals surface area contributed by atoms with Crippen LogP contribution >= 0.6 is 0 Å². The van der Waals surface area contributed by atoms with Gasteiger partial charge in [-0.25, -0.2) is 4.79 Å². The van der Waals surface area contributed by atoms with Crippen LogP contribution in [0.5, 0.6) is 0 Å². The third-order valence-electron chi connectivity index (χ3n) is 3.57. The Morgan fingerprint density at radius 2 is 1.77 bits per heavy atom. The van der Waals surface area contributed by atoms with Crippen molar-refractivity contribution in [3.05, 3.63) is 0 Å². The van der Waals surface area contributed by atoms with Crippen molar-refractivity contribution in [2.75, 3.05) is 6.61 Å². The maximum absolute atomic E-state index is 11.3. The number of carbonyl (C=O) groups excluding carboxylic acids is 1. The second kappa shape index (κ2) is 5.86. The number of Topliss-reactive ketones (excluding diaryl/α,β-unsaturated/α-hetero) is 1. The second-order valence-electron chi connectivity index (χ2n) is 6.43. The Morgan fingerprint density at radius 3 is 2.27 bits per heavy atom. The van der Waals surface area contributed by atoms with Crippen molar-refractivity contribution in [3.8, 4) is 0 Å². The third kappa shape index (κ3) is 3.82. The van der Waals surface area contributed by atoms with Crippen LogP contribution in [-0.4, -0.2) is 64.6 Å². The maximum Gasteiger partial charge on any atom is 0.372 e. The van der Waals surface area contributed by atoms with Gasteiger partial charge in [0.25, 0.3) is 0 Å². The summed E-state index contributed by atoms with van der Waals surface area (Å²) in [5.41, 5.74) is 0. The molecule has 0 radical (unpaired) electrons. The van der Waals surface area contributed by atoms with Gasteiger partial charge in [0.15, 0.2) is 11.6 Å². The Balaban J connectivity index is 2.10. The summed E-state index contributed by atoms with van der Waals surface area (Å²) < 4.78 is 22.6. The van der Waals surface area contributed by atoms with Crippen molar-refractivity contribution >= 4 is 11.8 Å². The monoisotopic (exact) mass is 318 g/mol. The number of carboxylic acid groups (broad SMARTS) is 1. The van der Waals surface area contributed by atoms with E-state index in [0.29, 0.717) is 0 Å². The standard InChI is InChI=1S/C14H22O8/c1-13(2)19-6-9(20-13)11-10(21-14(3,4)22-11)7(15)5-8(16)12(17)18/h7,9-11,15H,5-6H2,1-4H3,(H,17,18)/t7-,9-,10-,11-/m0/s1. The number of ketones is 1. The van der Waals surface area contributed by atoms with Gasteiger partial charge >= 0.3 is 5.97 Å². The van der Waals surface area contributed by atoms with Crippen LogP contribution in [0.2, 0.25) is 0 Å². The lowest BCUT2D eigenvalue weighted by atomic mass is 9.99. The number of carboxylic acids is 1. The van der Waals surface area contributed by atoms with E-state index in [1.165, 1.54) is 0 Å². The number of aliphatic hydroxyl groups excluding tert-OH is 1. The van der Waals surface area contributed by atoms with Crippen LogP contribution in [-0.2, 0) is 28.5 Å². The minimum atomic E-state index is -1.59. The molecule has 126 valence electrons. The molecule has 8 heteroatoms. The molecular weight excluding hydrogens is 296 g/mol. The Hall–Kier alpha value is -1.06. The summed E-state index contributed by atoms with van der Waals surface area (Å²) in [5.74, 6) is -4.41. The molecule has 0 aromatic heterocycles. The van der Waals surface area contributed by atoms with Gasteiger partial charge in [-0.05, 0) is 27.7 Å². The van der Waals surface area contributed by atoms with Crippen LogP contribution < -0.4 is 0 Å². The molecule has 0 unspecified atom stereocenters. The van der Waals surface area contributed by atoms with Gasteiger partial charge in [0.2, 0.25) is 5.78 Å². The van der Waals surface area contributed by atoms with Crippen molar-refractivity contribution in [1.82, 2.24) is 0 Å². The third-order valence-corrected chi connectivity index (χ3v) is 3.57. The van der Waals surface area contributed by atoms with Crippen molar-refractivity contribution in [2.24, 2.45) is 0 Å². The SMILES string of the molecule is CC1(C)O[C@@H]([C@@H]2COC(C)(C)O2)[C@H]([C@@H](O)CC(=O)C(=O)O)O1. The highest BCUT2D eigenvalue weighted by molar-refractivity contribution is 6.32. The summed E-state index contributed by atoms with van der Waals surface area (Å²) in [6.45, 7) is 7.12. The van der Waals surface area contributed by atoms with Gasteiger partial charge in [-0.1, -0.05) is 0 Å².